The number of benzene rings is 2. The molecule has 0 aromatic heterocycles. The van der Waals surface area contributed by atoms with Gasteiger partial charge in [-0.3, -0.25) is 9.52 Å². The van der Waals surface area contributed by atoms with Crippen LogP contribution in [-0.2, 0) is 14.8 Å². The number of amides is 1. The van der Waals surface area contributed by atoms with E-state index in [4.69, 9.17) is 9.47 Å². The highest BCUT2D eigenvalue weighted by atomic mass is 32.2. The number of para-hydroxylation sites is 2. The molecule has 1 saturated carbocycles. The Balaban J connectivity index is 1.96. The van der Waals surface area contributed by atoms with Crippen LogP contribution in [0.4, 0.5) is 11.4 Å². The summed E-state index contributed by atoms with van der Waals surface area (Å²) in [5.41, 5.74) is 0.908. The normalized spacial score (nSPS) is 13.7. The second kappa shape index (κ2) is 7.48. The second-order valence-corrected chi connectivity index (χ2v) is 7.94. The predicted molar refractivity (Wildman–Crippen MR) is 103 cm³/mol. The van der Waals surface area contributed by atoms with Crippen molar-refractivity contribution in [2.45, 2.75) is 30.7 Å². The second-order valence-electron chi connectivity index (χ2n) is 6.26. The maximum absolute atomic E-state index is 12.9. The van der Waals surface area contributed by atoms with Crippen molar-refractivity contribution >= 4 is 27.3 Å². The monoisotopic (exact) mass is 390 g/mol. The van der Waals surface area contributed by atoms with Crippen LogP contribution in [-0.4, -0.2) is 34.6 Å². The first-order valence-corrected chi connectivity index (χ1v) is 9.99. The minimum absolute atomic E-state index is 0.0377. The van der Waals surface area contributed by atoms with Gasteiger partial charge in [-0.25, -0.2) is 8.42 Å². The smallest absolute Gasteiger partial charge is 0.262 e. The van der Waals surface area contributed by atoms with E-state index in [9.17, 15) is 13.2 Å². The molecule has 0 aliphatic heterocycles. The molecule has 1 aliphatic rings. The summed E-state index contributed by atoms with van der Waals surface area (Å²) in [6.07, 6.45) is 1.83. The summed E-state index contributed by atoms with van der Waals surface area (Å²) >= 11 is 0. The average molecular weight is 390 g/mol. The summed E-state index contributed by atoms with van der Waals surface area (Å²) in [6.45, 7) is 1.48. The van der Waals surface area contributed by atoms with E-state index < -0.39 is 10.0 Å². The first-order chi connectivity index (χ1) is 12.9. The SMILES string of the molecule is COc1ccc(S(=O)(=O)Nc2ccccc2N(C(C)=O)C2CC2)cc1OC. The number of hydrogen-bond acceptors (Lipinski definition) is 5. The van der Waals surface area contributed by atoms with Crippen molar-refractivity contribution in [2.24, 2.45) is 0 Å². The third kappa shape index (κ3) is 4.00. The molecule has 144 valence electrons. The zero-order valence-electron chi connectivity index (χ0n) is 15.4. The summed E-state index contributed by atoms with van der Waals surface area (Å²) in [6, 6.07) is 11.4. The molecule has 0 heterocycles. The van der Waals surface area contributed by atoms with E-state index >= 15 is 0 Å². The molecule has 0 saturated heterocycles. The van der Waals surface area contributed by atoms with Gasteiger partial charge in [-0.2, -0.15) is 0 Å². The van der Waals surface area contributed by atoms with Crippen LogP contribution < -0.4 is 19.1 Å². The highest BCUT2D eigenvalue weighted by Crippen LogP contribution is 2.37. The standard InChI is InChI=1S/C19H22N2O5S/c1-13(22)21(14-8-9-14)17-7-5-4-6-16(17)20-27(23,24)15-10-11-18(25-2)19(12-15)26-3/h4-7,10-12,14,20H,8-9H2,1-3H3. The number of rotatable bonds is 7. The highest BCUT2D eigenvalue weighted by molar-refractivity contribution is 7.92. The highest BCUT2D eigenvalue weighted by Gasteiger charge is 2.33. The van der Waals surface area contributed by atoms with Crippen LogP contribution in [0.2, 0.25) is 0 Å². The van der Waals surface area contributed by atoms with Gasteiger partial charge >= 0.3 is 0 Å². The molecule has 27 heavy (non-hydrogen) atoms. The van der Waals surface area contributed by atoms with Gasteiger partial charge in [0.05, 0.1) is 30.5 Å². The van der Waals surface area contributed by atoms with E-state index in [0.29, 0.717) is 22.9 Å². The quantitative estimate of drug-likeness (QED) is 0.786. The summed E-state index contributed by atoms with van der Waals surface area (Å²) in [7, 11) is -0.959. The third-order valence-corrected chi connectivity index (χ3v) is 5.69. The average Bonchev–Trinajstić information content (AvgIpc) is 3.47. The largest absolute Gasteiger partial charge is 0.493 e. The van der Waals surface area contributed by atoms with Crippen LogP contribution in [0.5, 0.6) is 11.5 Å². The van der Waals surface area contributed by atoms with Gasteiger partial charge in [0.25, 0.3) is 10.0 Å². The minimum atomic E-state index is -3.88. The summed E-state index contributed by atoms with van der Waals surface area (Å²) in [5.74, 6) is 0.639. The molecular formula is C19H22N2O5S. The minimum Gasteiger partial charge on any atom is -0.493 e. The van der Waals surface area contributed by atoms with Gasteiger partial charge in [-0.1, -0.05) is 12.1 Å². The van der Waals surface area contributed by atoms with Crippen molar-refractivity contribution in [1.82, 2.24) is 0 Å². The number of ether oxygens (including phenoxy) is 2. The van der Waals surface area contributed by atoms with E-state index in [0.717, 1.165) is 12.8 Å². The molecule has 1 amide bonds. The molecular weight excluding hydrogens is 368 g/mol. The molecule has 2 aromatic rings. The number of nitrogens with one attached hydrogen (secondary N) is 1. The summed E-state index contributed by atoms with van der Waals surface area (Å²) < 4.78 is 38.7. The number of anilines is 2. The Hall–Kier alpha value is -2.74. The van der Waals surface area contributed by atoms with E-state index in [1.807, 2.05) is 0 Å². The van der Waals surface area contributed by atoms with Crippen LogP contribution in [0.15, 0.2) is 47.4 Å². The van der Waals surface area contributed by atoms with Gasteiger partial charge in [0, 0.05) is 19.0 Å². The fourth-order valence-electron chi connectivity index (χ4n) is 2.91. The van der Waals surface area contributed by atoms with Gasteiger partial charge in [0.15, 0.2) is 11.5 Å². The predicted octanol–water partition coefficient (Wildman–Crippen LogP) is 3.02. The van der Waals surface area contributed by atoms with Crippen molar-refractivity contribution in [3.8, 4) is 11.5 Å². The van der Waals surface area contributed by atoms with Crippen LogP contribution in [0.3, 0.4) is 0 Å². The molecule has 0 spiro atoms. The Morgan fingerprint density at radius 3 is 2.33 bits per heavy atom. The lowest BCUT2D eigenvalue weighted by Crippen LogP contribution is -2.31. The molecule has 8 heteroatoms. The first-order valence-electron chi connectivity index (χ1n) is 8.51. The van der Waals surface area contributed by atoms with Gasteiger partial charge in [0.2, 0.25) is 5.91 Å². The van der Waals surface area contributed by atoms with E-state index in [1.165, 1.54) is 39.3 Å². The van der Waals surface area contributed by atoms with Crippen molar-refractivity contribution in [1.29, 1.82) is 0 Å². The van der Waals surface area contributed by atoms with Crippen LogP contribution in [0.25, 0.3) is 0 Å². The Bertz CT molecular complexity index is 954. The van der Waals surface area contributed by atoms with Gasteiger partial charge in [-0.15, -0.1) is 0 Å². The Morgan fingerprint density at radius 1 is 1.07 bits per heavy atom. The lowest BCUT2D eigenvalue weighted by atomic mass is 10.2. The van der Waals surface area contributed by atoms with Crippen LogP contribution in [0.1, 0.15) is 19.8 Å². The van der Waals surface area contributed by atoms with Gasteiger partial charge < -0.3 is 14.4 Å². The number of carbonyl (C=O) groups is 1. The zero-order chi connectivity index (χ0) is 19.6. The van der Waals surface area contributed by atoms with Crippen molar-refractivity contribution in [2.75, 3.05) is 23.8 Å². The van der Waals surface area contributed by atoms with Crippen molar-refractivity contribution < 1.29 is 22.7 Å². The lowest BCUT2D eigenvalue weighted by Gasteiger charge is -2.24. The Labute approximate surface area is 158 Å². The maximum Gasteiger partial charge on any atom is 0.262 e. The van der Waals surface area contributed by atoms with E-state index in [-0.39, 0.29) is 16.8 Å². The molecule has 0 radical (unpaired) electrons. The molecule has 1 N–H and O–H groups in total. The molecule has 1 fully saturated rings. The van der Waals surface area contributed by atoms with Crippen molar-refractivity contribution in [3.05, 3.63) is 42.5 Å². The zero-order valence-corrected chi connectivity index (χ0v) is 16.2. The Morgan fingerprint density at radius 2 is 1.74 bits per heavy atom. The topological polar surface area (TPSA) is 84.9 Å². The van der Waals surface area contributed by atoms with Crippen LogP contribution in [0, 0.1) is 0 Å². The number of hydrogen-bond donors (Lipinski definition) is 1. The van der Waals surface area contributed by atoms with Crippen molar-refractivity contribution in [3.63, 3.8) is 0 Å². The lowest BCUT2D eigenvalue weighted by molar-refractivity contribution is -0.116. The number of methoxy groups -OCH3 is 2. The van der Waals surface area contributed by atoms with Crippen LogP contribution >= 0.6 is 0 Å². The van der Waals surface area contributed by atoms with E-state index in [1.54, 1.807) is 29.2 Å². The van der Waals surface area contributed by atoms with Gasteiger partial charge in [0.1, 0.15) is 0 Å². The molecule has 7 nitrogen and oxygen atoms in total. The number of sulfonamides is 1. The molecule has 3 rings (SSSR count). The third-order valence-electron chi connectivity index (χ3n) is 4.32. The molecule has 0 bridgehead atoms. The fraction of sp³-hybridized carbons (Fsp3) is 0.316. The van der Waals surface area contributed by atoms with E-state index in [2.05, 4.69) is 4.72 Å². The molecule has 1 aliphatic carbocycles. The summed E-state index contributed by atoms with van der Waals surface area (Å²) in [5, 5.41) is 0. The number of carbonyl (C=O) groups excluding carboxylic acids is 1. The maximum atomic E-state index is 12.9. The first kappa shape index (κ1) is 19.0. The Kier molecular flexibility index (Phi) is 5.27. The molecule has 2 aromatic carbocycles. The molecule has 0 unspecified atom stereocenters. The van der Waals surface area contributed by atoms with Gasteiger partial charge in [-0.05, 0) is 37.1 Å². The summed E-state index contributed by atoms with van der Waals surface area (Å²) in [4.78, 5) is 13.8. The molecule has 0 atom stereocenters. The fourth-order valence-corrected chi connectivity index (χ4v) is 4.00. The number of nitrogens with zero attached hydrogens (tertiary/aromatic N) is 1.